The van der Waals surface area contributed by atoms with Gasteiger partial charge in [0.1, 0.15) is 22.7 Å². The Bertz CT molecular complexity index is 545. The summed E-state index contributed by atoms with van der Waals surface area (Å²) in [6.07, 6.45) is 3.09. The Morgan fingerprint density at radius 1 is 1.53 bits per heavy atom. The fraction of sp³-hybridized carbons (Fsp3) is 0.444. The van der Waals surface area contributed by atoms with Crippen LogP contribution in [0.4, 0.5) is 5.82 Å². The Morgan fingerprint density at radius 2 is 2.41 bits per heavy atom. The van der Waals surface area contributed by atoms with E-state index in [0.29, 0.717) is 23.6 Å². The maximum atomic E-state index is 9.02. The van der Waals surface area contributed by atoms with Crippen molar-refractivity contribution in [1.82, 2.24) is 19.5 Å². The van der Waals surface area contributed by atoms with Crippen LogP contribution in [0.15, 0.2) is 12.7 Å². The molecule has 2 aromatic rings. The van der Waals surface area contributed by atoms with Crippen molar-refractivity contribution in [2.75, 3.05) is 18.9 Å². The second kappa shape index (κ2) is 4.13. The number of imidazole rings is 1. The zero-order valence-corrected chi connectivity index (χ0v) is 9.67. The lowest BCUT2D eigenvalue weighted by molar-refractivity contribution is 0.0810. The molecule has 2 atom stereocenters. The fourth-order valence-electron chi connectivity index (χ4n) is 1.77. The Hall–Kier alpha value is -1.38. The maximum Gasteiger partial charge on any atom is 0.166 e. The molecule has 1 saturated heterocycles. The number of anilines is 1. The Balaban J connectivity index is 1.99. The van der Waals surface area contributed by atoms with Crippen molar-refractivity contribution in [1.29, 1.82) is 0 Å². The summed E-state index contributed by atoms with van der Waals surface area (Å²) in [4.78, 5) is 12.3. The van der Waals surface area contributed by atoms with Crippen LogP contribution < -0.4 is 5.73 Å². The van der Waals surface area contributed by atoms with Crippen LogP contribution in [0.3, 0.4) is 0 Å². The minimum Gasteiger partial charge on any atom is -0.393 e. The molecule has 3 rings (SSSR count). The molecule has 7 nitrogen and oxygen atoms in total. The van der Waals surface area contributed by atoms with E-state index in [0.717, 1.165) is 0 Å². The molecule has 0 saturated carbocycles. The summed E-state index contributed by atoms with van der Waals surface area (Å²) in [5.41, 5.74) is 6.82. The molecule has 1 fully saturated rings. The van der Waals surface area contributed by atoms with E-state index < -0.39 is 0 Å². The minimum absolute atomic E-state index is 0.00488. The van der Waals surface area contributed by atoms with Gasteiger partial charge >= 0.3 is 0 Å². The van der Waals surface area contributed by atoms with Gasteiger partial charge in [0.05, 0.1) is 19.5 Å². The molecule has 0 bridgehead atoms. The molecule has 0 radical (unpaired) electrons. The van der Waals surface area contributed by atoms with Crippen LogP contribution in [0.1, 0.15) is 5.37 Å². The van der Waals surface area contributed by atoms with Crippen LogP contribution in [0.25, 0.3) is 11.2 Å². The van der Waals surface area contributed by atoms with Crippen molar-refractivity contribution >= 4 is 28.7 Å². The van der Waals surface area contributed by atoms with Crippen LogP contribution in [0.5, 0.6) is 0 Å². The molecule has 8 heteroatoms. The highest BCUT2D eigenvalue weighted by atomic mass is 32.2. The molecule has 2 aromatic heterocycles. The van der Waals surface area contributed by atoms with Gasteiger partial charge in [-0.05, 0) is 0 Å². The lowest BCUT2D eigenvalue weighted by Crippen LogP contribution is -2.05. The van der Waals surface area contributed by atoms with Crippen LogP contribution in [0, 0.1) is 0 Å². The maximum absolute atomic E-state index is 9.02. The summed E-state index contributed by atoms with van der Waals surface area (Å²) in [5.74, 6) is 0.372. The first kappa shape index (κ1) is 10.8. The smallest absolute Gasteiger partial charge is 0.166 e. The number of aliphatic hydroxyl groups excluding tert-OH is 1. The van der Waals surface area contributed by atoms with E-state index in [2.05, 4.69) is 15.0 Å². The highest BCUT2D eigenvalue weighted by molar-refractivity contribution is 8.00. The van der Waals surface area contributed by atoms with Gasteiger partial charge in [-0.1, -0.05) is 0 Å². The third-order valence-electron chi connectivity index (χ3n) is 2.58. The number of rotatable bonds is 2. The first-order valence-electron chi connectivity index (χ1n) is 5.10. The van der Waals surface area contributed by atoms with Gasteiger partial charge in [-0.25, -0.2) is 15.0 Å². The number of hydrogen-bond acceptors (Lipinski definition) is 7. The van der Waals surface area contributed by atoms with E-state index in [1.165, 1.54) is 18.1 Å². The normalized spacial score (nSPS) is 24.5. The summed E-state index contributed by atoms with van der Waals surface area (Å²) >= 11 is 1.54. The van der Waals surface area contributed by atoms with Gasteiger partial charge in [0, 0.05) is 0 Å². The first-order chi connectivity index (χ1) is 8.29. The molecule has 1 aliphatic heterocycles. The Labute approximate surface area is 101 Å². The molecule has 0 aromatic carbocycles. The molecule has 0 unspecified atom stereocenters. The first-order valence-corrected chi connectivity index (χ1v) is 6.05. The molecule has 0 amide bonds. The number of fused-ring (bicyclic) bond motifs is 1. The average molecular weight is 253 g/mol. The van der Waals surface area contributed by atoms with E-state index in [-0.39, 0.29) is 17.4 Å². The Morgan fingerprint density at radius 3 is 3.18 bits per heavy atom. The number of hydrogen-bond donors (Lipinski definition) is 2. The summed E-state index contributed by atoms with van der Waals surface area (Å²) in [7, 11) is 0. The van der Waals surface area contributed by atoms with Gasteiger partial charge in [-0.2, -0.15) is 0 Å². The van der Waals surface area contributed by atoms with Crippen LogP contribution in [-0.4, -0.2) is 43.3 Å². The van der Waals surface area contributed by atoms with Gasteiger partial charge in [-0.15, -0.1) is 11.8 Å². The molecule has 0 spiro atoms. The van der Waals surface area contributed by atoms with E-state index in [9.17, 15) is 0 Å². The second-order valence-corrected chi connectivity index (χ2v) is 4.96. The predicted molar refractivity (Wildman–Crippen MR) is 63.2 cm³/mol. The number of nitrogen functional groups attached to an aromatic ring is 1. The lowest BCUT2D eigenvalue weighted by Gasteiger charge is -2.09. The number of aromatic nitrogens is 4. The summed E-state index contributed by atoms with van der Waals surface area (Å²) < 4.78 is 7.30. The summed E-state index contributed by atoms with van der Waals surface area (Å²) in [6, 6.07) is 0. The van der Waals surface area contributed by atoms with Gasteiger partial charge in [0.2, 0.25) is 0 Å². The predicted octanol–water partition coefficient (Wildman–Crippen LogP) is -0.0111. The van der Waals surface area contributed by atoms with E-state index >= 15 is 0 Å². The van der Waals surface area contributed by atoms with Gasteiger partial charge < -0.3 is 15.6 Å². The quantitative estimate of drug-likeness (QED) is 0.776. The number of nitrogens with two attached hydrogens (primary N) is 1. The zero-order valence-electron chi connectivity index (χ0n) is 8.85. The minimum atomic E-state index is -0.184. The fourth-order valence-corrected chi connectivity index (χ4v) is 2.80. The third-order valence-corrected chi connectivity index (χ3v) is 3.85. The molecule has 1 aliphatic rings. The number of thioether (sulfide) groups is 1. The standard InChI is InChI=1S/C9H11N5O2S/c10-8-7-9(12-3-11-8)14(4-13-7)5-2-16-6(1-15)17-5/h3-6,15H,1-2H2,(H2,10,11,12)/t5-,6+/m1/s1. The molecule has 3 N–H and O–H groups in total. The molecule has 3 heterocycles. The number of nitrogens with zero attached hydrogens (tertiary/aromatic N) is 4. The highest BCUT2D eigenvalue weighted by Gasteiger charge is 2.28. The van der Waals surface area contributed by atoms with E-state index in [1.54, 1.807) is 6.33 Å². The van der Waals surface area contributed by atoms with Crippen molar-refractivity contribution < 1.29 is 9.84 Å². The van der Waals surface area contributed by atoms with Crippen LogP contribution in [-0.2, 0) is 4.74 Å². The van der Waals surface area contributed by atoms with E-state index in [1.807, 2.05) is 4.57 Å². The zero-order chi connectivity index (χ0) is 11.8. The molecule has 90 valence electrons. The van der Waals surface area contributed by atoms with Crippen molar-refractivity contribution in [3.8, 4) is 0 Å². The lowest BCUT2D eigenvalue weighted by atomic mass is 10.5. The van der Waals surface area contributed by atoms with Gasteiger partial charge in [0.25, 0.3) is 0 Å². The second-order valence-electron chi connectivity index (χ2n) is 3.62. The van der Waals surface area contributed by atoms with Crippen LogP contribution in [0.2, 0.25) is 0 Å². The largest absolute Gasteiger partial charge is 0.393 e. The van der Waals surface area contributed by atoms with Crippen molar-refractivity contribution in [3.05, 3.63) is 12.7 Å². The number of aliphatic hydroxyl groups is 1. The monoisotopic (exact) mass is 253 g/mol. The topological polar surface area (TPSA) is 99.1 Å². The Kier molecular flexibility index (Phi) is 2.61. The molecular weight excluding hydrogens is 242 g/mol. The molecule has 17 heavy (non-hydrogen) atoms. The summed E-state index contributed by atoms with van der Waals surface area (Å²) in [6.45, 7) is 0.524. The number of ether oxygens (including phenoxy) is 1. The third kappa shape index (κ3) is 1.74. The average Bonchev–Trinajstić information content (AvgIpc) is 2.94. The van der Waals surface area contributed by atoms with Gasteiger partial charge in [0.15, 0.2) is 11.5 Å². The van der Waals surface area contributed by atoms with Crippen molar-refractivity contribution in [3.63, 3.8) is 0 Å². The highest BCUT2D eigenvalue weighted by Crippen LogP contribution is 2.36. The van der Waals surface area contributed by atoms with Gasteiger partial charge in [-0.3, -0.25) is 4.57 Å². The van der Waals surface area contributed by atoms with Crippen molar-refractivity contribution in [2.45, 2.75) is 10.8 Å². The summed E-state index contributed by atoms with van der Waals surface area (Å²) in [5, 5.41) is 9.08. The van der Waals surface area contributed by atoms with Crippen LogP contribution >= 0.6 is 11.8 Å². The van der Waals surface area contributed by atoms with E-state index in [4.69, 9.17) is 15.6 Å². The SMILES string of the molecule is Nc1ncnc2c1ncn2[C@H]1CO[C@H](CO)S1. The molecule has 0 aliphatic carbocycles. The van der Waals surface area contributed by atoms with Crippen molar-refractivity contribution in [2.24, 2.45) is 0 Å². The molecular formula is C9H11N5O2S.